The largest absolute Gasteiger partial charge is 0.508 e. The van der Waals surface area contributed by atoms with Crippen molar-refractivity contribution in [3.05, 3.63) is 89.5 Å². The number of benzene rings is 3. The number of aromatic hydroxyl groups is 1. The smallest absolute Gasteiger partial charge is 0.321 e. The molecule has 0 radical (unpaired) electrons. The molecule has 1 N–H and O–H groups in total. The van der Waals surface area contributed by atoms with Gasteiger partial charge in [-0.3, -0.25) is 14.5 Å². The topological polar surface area (TPSA) is 84.7 Å². The van der Waals surface area contributed by atoms with Gasteiger partial charge in [-0.1, -0.05) is 54.1 Å². The van der Waals surface area contributed by atoms with Crippen molar-refractivity contribution >= 4 is 28.9 Å². The third-order valence-corrected chi connectivity index (χ3v) is 6.18. The number of phenols is 1. The number of aromatic nitrogens is 2. The summed E-state index contributed by atoms with van der Waals surface area (Å²) in [5.74, 6) is -1.46. The molecule has 1 aliphatic rings. The van der Waals surface area contributed by atoms with Gasteiger partial charge < -0.3 is 14.4 Å². The second-order valence-electron chi connectivity index (χ2n) is 8.45. The Bertz CT molecular complexity index is 1360. The van der Waals surface area contributed by atoms with Gasteiger partial charge in [-0.05, 0) is 49.2 Å². The van der Waals surface area contributed by atoms with Crippen molar-refractivity contribution in [2.75, 3.05) is 11.5 Å². The number of hydrogen-bond donors (Lipinski definition) is 1. The maximum absolute atomic E-state index is 13.9. The lowest BCUT2D eigenvalue weighted by molar-refractivity contribution is -0.153. The minimum atomic E-state index is -1.10. The molecule has 0 bridgehead atoms. The molecule has 7 nitrogen and oxygen atoms in total. The van der Waals surface area contributed by atoms with E-state index in [0.717, 1.165) is 22.2 Å². The fourth-order valence-corrected chi connectivity index (χ4v) is 4.55. The lowest BCUT2D eigenvalue weighted by atomic mass is 9.89. The van der Waals surface area contributed by atoms with E-state index >= 15 is 0 Å². The number of para-hydroxylation sites is 2. The zero-order valence-electron chi connectivity index (χ0n) is 19.0. The number of carbonyl (C=O) groups excluding carboxylic acids is 2. The number of hydrogen-bond acceptors (Lipinski definition) is 5. The summed E-state index contributed by atoms with van der Waals surface area (Å²) in [6.45, 7) is 4.18. The van der Waals surface area contributed by atoms with E-state index in [4.69, 9.17) is 9.72 Å². The maximum Gasteiger partial charge on any atom is 0.321 e. The Morgan fingerprint density at radius 1 is 1.03 bits per heavy atom. The summed E-state index contributed by atoms with van der Waals surface area (Å²) in [5, 5.41) is 9.83. The molecule has 2 atom stereocenters. The van der Waals surface area contributed by atoms with Gasteiger partial charge in [0.15, 0.2) is 5.92 Å². The van der Waals surface area contributed by atoms with Crippen LogP contribution < -0.4 is 4.90 Å². The van der Waals surface area contributed by atoms with Crippen LogP contribution in [0.5, 0.6) is 5.75 Å². The molecule has 0 saturated carbocycles. The molecule has 2 heterocycles. The average Bonchev–Trinajstić information content (AvgIpc) is 3.22. The number of fused-ring (bicyclic) bond motifs is 3. The SMILES string of the molecule is CCOC(=O)[C@@H]1C(=O)N(Cc2ccc(C)cc2)c2nc3ccccc3n2[C@H]1c1ccc(O)cc1. The summed E-state index contributed by atoms with van der Waals surface area (Å²) in [4.78, 5) is 33.5. The second-order valence-corrected chi connectivity index (χ2v) is 8.45. The highest BCUT2D eigenvalue weighted by atomic mass is 16.5. The van der Waals surface area contributed by atoms with Crippen molar-refractivity contribution in [2.24, 2.45) is 5.92 Å². The number of ether oxygens (including phenoxy) is 1. The molecule has 0 fully saturated rings. The Labute approximate surface area is 197 Å². The van der Waals surface area contributed by atoms with Gasteiger partial charge in [0.05, 0.1) is 30.2 Å². The Morgan fingerprint density at radius 3 is 2.44 bits per heavy atom. The molecule has 1 aromatic heterocycles. The van der Waals surface area contributed by atoms with E-state index in [2.05, 4.69) is 0 Å². The molecule has 3 aromatic carbocycles. The van der Waals surface area contributed by atoms with Crippen LogP contribution in [0.25, 0.3) is 11.0 Å². The lowest BCUT2D eigenvalue weighted by Gasteiger charge is -2.38. The van der Waals surface area contributed by atoms with Crippen molar-refractivity contribution in [2.45, 2.75) is 26.4 Å². The molecule has 0 unspecified atom stereocenters. The molecular formula is C27H25N3O4. The summed E-state index contributed by atoms with van der Waals surface area (Å²) in [5.41, 5.74) is 4.31. The van der Waals surface area contributed by atoms with Crippen LogP contribution in [0.3, 0.4) is 0 Å². The average molecular weight is 456 g/mol. The summed E-state index contributed by atoms with van der Waals surface area (Å²) < 4.78 is 7.32. The van der Waals surface area contributed by atoms with E-state index in [1.54, 1.807) is 36.1 Å². The van der Waals surface area contributed by atoms with Crippen molar-refractivity contribution in [3.8, 4) is 5.75 Å². The van der Waals surface area contributed by atoms with Gasteiger partial charge in [-0.25, -0.2) is 4.98 Å². The number of anilines is 1. The highest BCUT2D eigenvalue weighted by Gasteiger charge is 2.47. The first-order valence-corrected chi connectivity index (χ1v) is 11.3. The number of imidazole rings is 1. The van der Waals surface area contributed by atoms with Crippen LogP contribution in [0.15, 0.2) is 72.8 Å². The summed E-state index contributed by atoms with van der Waals surface area (Å²) in [7, 11) is 0. The van der Waals surface area contributed by atoms with E-state index in [-0.39, 0.29) is 24.8 Å². The van der Waals surface area contributed by atoms with Crippen molar-refractivity contribution in [1.29, 1.82) is 0 Å². The summed E-state index contributed by atoms with van der Waals surface area (Å²) in [6, 6.07) is 21.5. The zero-order valence-corrected chi connectivity index (χ0v) is 19.0. The van der Waals surface area contributed by atoms with Gasteiger partial charge in [0, 0.05) is 0 Å². The zero-order chi connectivity index (χ0) is 23.8. The predicted molar refractivity (Wildman–Crippen MR) is 128 cm³/mol. The monoisotopic (exact) mass is 455 g/mol. The molecule has 1 aliphatic heterocycles. The predicted octanol–water partition coefficient (Wildman–Crippen LogP) is 4.37. The van der Waals surface area contributed by atoms with Gasteiger partial charge in [0.25, 0.3) is 0 Å². The normalized spacial score (nSPS) is 17.6. The number of amides is 1. The van der Waals surface area contributed by atoms with Gasteiger partial charge in [0.1, 0.15) is 5.75 Å². The molecular weight excluding hydrogens is 430 g/mol. The van der Waals surface area contributed by atoms with Crippen LogP contribution in [-0.4, -0.2) is 33.1 Å². The van der Waals surface area contributed by atoms with Crippen molar-refractivity contribution < 1.29 is 19.4 Å². The van der Waals surface area contributed by atoms with Gasteiger partial charge >= 0.3 is 5.97 Å². The Morgan fingerprint density at radius 2 is 1.74 bits per heavy atom. The van der Waals surface area contributed by atoms with Crippen LogP contribution in [0.1, 0.15) is 29.7 Å². The summed E-state index contributed by atoms with van der Waals surface area (Å²) in [6.07, 6.45) is 0. The van der Waals surface area contributed by atoms with Gasteiger partial charge in [0.2, 0.25) is 11.9 Å². The minimum absolute atomic E-state index is 0.107. The molecule has 1 amide bonds. The van der Waals surface area contributed by atoms with Gasteiger partial charge in [-0.2, -0.15) is 0 Å². The molecule has 0 aliphatic carbocycles. The van der Waals surface area contributed by atoms with Gasteiger partial charge in [-0.15, -0.1) is 0 Å². The number of phenolic OH excluding ortho intramolecular Hbond substituents is 1. The Hall–Kier alpha value is -4.13. The van der Waals surface area contributed by atoms with E-state index in [1.807, 2.05) is 60.0 Å². The summed E-state index contributed by atoms with van der Waals surface area (Å²) >= 11 is 0. The maximum atomic E-state index is 13.9. The minimum Gasteiger partial charge on any atom is -0.508 e. The third-order valence-electron chi connectivity index (χ3n) is 6.18. The third kappa shape index (κ3) is 3.69. The number of aryl methyl sites for hydroxylation is 1. The van der Waals surface area contributed by atoms with Crippen molar-refractivity contribution in [1.82, 2.24) is 9.55 Å². The first kappa shape index (κ1) is 21.7. The molecule has 7 heteroatoms. The first-order chi connectivity index (χ1) is 16.5. The lowest BCUT2D eigenvalue weighted by Crippen LogP contribution is -2.49. The highest BCUT2D eigenvalue weighted by Crippen LogP contribution is 2.42. The van der Waals surface area contributed by atoms with Crippen molar-refractivity contribution in [3.63, 3.8) is 0 Å². The second kappa shape index (κ2) is 8.67. The van der Waals surface area contributed by atoms with Crippen LogP contribution in [0.4, 0.5) is 5.95 Å². The molecule has 5 rings (SSSR count). The van der Waals surface area contributed by atoms with Crippen LogP contribution in [-0.2, 0) is 20.9 Å². The standard InChI is InChI=1S/C27H25N3O4/c1-3-34-26(33)23-24(19-12-14-20(31)15-13-19)30-22-7-5-4-6-21(22)28-27(30)29(25(23)32)16-18-10-8-17(2)9-11-18/h4-15,23-24,31H,3,16H2,1-2H3/t23-,24-/m0/s1. The van der Waals surface area contributed by atoms with E-state index < -0.39 is 17.9 Å². The number of carbonyl (C=O) groups is 2. The molecule has 0 spiro atoms. The molecule has 4 aromatic rings. The highest BCUT2D eigenvalue weighted by molar-refractivity contribution is 6.08. The van der Waals surface area contributed by atoms with E-state index in [0.29, 0.717) is 11.5 Å². The quantitative estimate of drug-likeness (QED) is 0.357. The van der Waals surface area contributed by atoms with Crippen LogP contribution in [0, 0.1) is 12.8 Å². The van der Waals surface area contributed by atoms with Crippen LogP contribution in [0.2, 0.25) is 0 Å². The molecule has 34 heavy (non-hydrogen) atoms. The first-order valence-electron chi connectivity index (χ1n) is 11.3. The number of esters is 1. The van der Waals surface area contributed by atoms with E-state index in [9.17, 15) is 14.7 Å². The Balaban J connectivity index is 1.73. The molecule has 0 saturated heterocycles. The number of nitrogens with zero attached hydrogens (tertiary/aromatic N) is 3. The molecule has 172 valence electrons. The van der Waals surface area contributed by atoms with E-state index in [1.165, 1.54) is 0 Å². The fraction of sp³-hybridized carbons (Fsp3) is 0.222. The Kier molecular flexibility index (Phi) is 5.53. The number of rotatable bonds is 5. The van der Waals surface area contributed by atoms with Crippen LogP contribution >= 0.6 is 0 Å². The fourth-order valence-electron chi connectivity index (χ4n) is 4.55.